The second kappa shape index (κ2) is 6.96. The van der Waals surface area contributed by atoms with Gasteiger partial charge in [-0.3, -0.25) is 4.99 Å². The van der Waals surface area contributed by atoms with Crippen molar-refractivity contribution < 1.29 is 4.74 Å². The van der Waals surface area contributed by atoms with Gasteiger partial charge >= 0.3 is 0 Å². The average molecular weight is 289 g/mol. The van der Waals surface area contributed by atoms with Crippen LogP contribution in [-0.4, -0.2) is 19.6 Å². The molecular formula is C15H19N3OS. The van der Waals surface area contributed by atoms with Gasteiger partial charge in [0, 0.05) is 16.5 Å². The summed E-state index contributed by atoms with van der Waals surface area (Å²) in [5.41, 5.74) is 6.79. The summed E-state index contributed by atoms with van der Waals surface area (Å²) in [6.07, 6.45) is 0. The first-order valence-corrected chi connectivity index (χ1v) is 7.31. The largest absolute Gasteiger partial charge is 0.497 e. The van der Waals surface area contributed by atoms with Crippen molar-refractivity contribution in [1.29, 1.82) is 0 Å². The Morgan fingerprint density at radius 3 is 2.70 bits per heavy atom. The molecule has 0 radical (unpaired) electrons. The van der Waals surface area contributed by atoms with Gasteiger partial charge in [0.1, 0.15) is 5.75 Å². The molecule has 1 unspecified atom stereocenters. The zero-order chi connectivity index (χ0) is 14.4. The number of guanidine groups is 1. The standard InChI is InChI=1S/C15H19N3OS/c1-11(14-4-3-9-20-14)10-17-15(16)18-12-5-7-13(19-2)8-6-12/h3-9,11H,10H2,1-2H3,(H3,16,17,18). The van der Waals surface area contributed by atoms with E-state index in [0.29, 0.717) is 18.4 Å². The summed E-state index contributed by atoms with van der Waals surface area (Å²) in [7, 11) is 1.64. The van der Waals surface area contributed by atoms with Crippen LogP contribution >= 0.6 is 11.3 Å². The van der Waals surface area contributed by atoms with Gasteiger partial charge in [-0.15, -0.1) is 11.3 Å². The number of thiophene rings is 1. The molecule has 5 heteroatoms. The number of aliphatic imine (C=N–C) groups is 1. The van der Waals surface area contributed by atoms with Crippen LogP contribution in [0.3, 0.4) is 0 Å². The van der Waals surface area contributed by atoms with Gasteiger partial charge in [0.25, 0.3) is 0 Å². The first kappa shape index (κ1) is 14.4. The van der Waals surface area contributed by atoms with Crippen LogP contribution in [-0.2, 0) is 0 Å². The number of hydrogen-bond donors (Lipinski definition) is 2. The van der Waals surface area contributed by atoms with Crippen molar-refractivity contribution in [3.05, 3.63) is 46.7 Å². The van der Waals surface area contributed by atoms with Crippen LogP contribution in [0.15, 0.2) is 46.8 Å². The Kier molecular flexibility index (Phi) is 5.01. The second-order valence-electron chi connectivity index (χ2n) is 4.50. The van der Waals surface area contributed by atoms with Crippen molar-refractivity contribution >= 4 is 23.0 Å². The van der Waals surface area contributed by atoms with Gasteiger partial charge in [0.2, 0.25) is 0 Å². The number of nitrogens with two attached hydrogens (primary N) is 1. The highest BCUT2D eigenvalue weighted by Crippen LogP contribution is 2.20. The molecule has 2 aromatic rings. The number of hydrogen-bond acceptors (Lipinski definition) is 3. The maximum absolute atomic E-state index is 5.89. The van der Waals surface area contributed by atoms with Crippen LogP contribution in [0.5, 0.6) is 5.75 Å². The Morgan fingerprint density at radius 2 is 2.10 bits per heavy atom. The van der Waals surface area contributed by atoms with Crippen LogP contribution in [0.1, 0.15) is 17.7 Å². The van der Waals surface area contributed by atoms with Crippen LogP contribution in [0, 0.1) is 0 Å². The first-order valence-electron chi connectivity index (χ1n) is 6.43. The van der Waals surface area contributed by atoms with Crippen LogP contribution in [0.2, 0.25) is 0 Å². The molecule has 0 aliphatic rings. The Labute approximate surface area is 123 Å². The Balaban J connectivity index is 1.90. The van der Waals surface area contributed by atoms with Gasteiger partial charge in [-0.1, -0.05) is 13.0 Å². The molecule has 1 aromatic carbocycles. The van der Waals surface area contributed by atoms with Crippen molar-refractivity contribution in [1.82, 2.24) is 0 Å². The minimum absolute atomic E-state index is 0.381. The Hall–Kier alpha value is -2.01. The minimum atomic E-state index is 0.381. The summed E-state index contributed by atoms with van der Waals surface area (Å²) in [5.74, 6) is 1.63. The first-order chi connectivity index (χ1) is 9.69. The molecule has 106 valence electrons. The predicted molar refractivity (Wildman–Crippen MR) is 85.8 cm³/mol. The molecule has 2 rings (SSSR count). The van der Waals surface area contributed by atoms with Crippen molar-refractivity contribution in [3.8, 4) is 5.75 Å². The third-order valence-electron chi connectivity index (χ3n) is 2.93. The molecule has 4 nitrogen and oxygen atoms in total. The van der Waals surface area contributed by atoms with E-state index >= 15 is 0 Å². The molecule has 0 aliphatic heterocycles. The van der Waals surface area contributed by atoms with E-state index in [4.69, 9.17) is 10.5 Å². The maximum atomic E-state index is 5.89. The normalized spacial score (nSPS) is 13.0. The van der Waals surface area contributed by atoms with Crippen LogP contribution < -0.4 is 15.8 Å². The van der Waals surface area contributed by atoms with Gasteiger partial charge in [-0.05, 0) is 35.7 Å². The van der Waals surface area contributed by atoms with Gasteiger partial charge in [0.15, 0.2) is 5.96 Å². The van der Waals surface area contributed by atoms with E-state index in [-0.39, 0.29) is 0 Å². The molecule has 3 N–H and O–H groups in total. The summed E-state index contributed by atoms with van der Waals surface area (Å²) in [6.45, 7) is 2.82. The fourth-order valence-electron chi connectivity index (χ4n) is 1.76. The Bertz CT molecular complexity index is 549. The summed E-state index contributed by atoms with van der Waals surface area (Å²) >= 11 is 1.75. The number of nitrogens with one attached hydrogen (secondary N) is 1. The van der Waals surface area contributed by atoms with E-state index in [0.717, 1.165) is 11.4 Å². The van der Waals surface area contributed by atoms with Crippen molar-refractivity contribution in [3.63, 3.8) is 0 Å². The third kappa shape index (κ3) is 3.99. The lowest BCUT2D eigenvalue weighted by Gasteiger charge is -2.09. The molecule has 1 heterocycles. The summed E-state index contributed by atoms with van der Waals surface area (Å²) in [4.78, 5) is 5.70. The molecule has 0 bridgehead atoms. The summed E-state index contributed by atoms with van der Waals surface area (Å²) in [6, 6.07) is 11.7. The van der Waals surface area contributed by atoms with E-state index < -0.39 is 0 Å². The molecule has 20 heavy (non-hydrogen) atoms. The average Bonchev–Trinajstić information content (AvgIpc) is 3.00. The van der Waals surface area contributed by atoms with Crippen LogP contribution in [0.25, 0.3) is 0 Å². The van der Waals surface area contributed by atoms with Crippen molar-refractivity contribution in [2.45, 2.75) is 12.8 Å². The van der Waals surface area contributed by atoms with E-state index in [2.05, 4.69) is 34.7 Å². The molecule has 0 saturated heterocycles. The monoisotopic (exact) mass is 289 g/mol. The molecule has 0 amide bonds. The van der Waals surface area contributed by atoms with Crippen LogP contribution in [0.4, 0.5) is 5.69 Å². The molecule has 0 fully saturated rings. The minimum Gasteiger partial charge on any atom is -0.497 e. The SMILES string of the molecule is COc1ccc(NC(N)=NCC(C)c2cccs2)cc1. The molecule has 1 atom stereocenters. The molecule has 0 saturated carbocycles. The zero-order valence-corrected chi connectivity index (χ0v) is 12.5. The summed E-state index contributed by atoms with van der Waals surface area (Å²) < 4.78 is 5.11. The summed E-state index contributed by atoms with van der Waals surface area (Å²) in [5, 5.41) is 5.15. The lowest BCUT2D eigenvalue weighted by molar-refractivity contribution is 0.415. The van der Waals surface area contributed by atoms with E-state index in [9.17, 15) is 0 Å². The zero-order valence-electron chi connectivity index (χ0n) is 11.7. The second-order valence-corrected chi connectivity index (χ2v) is 5.48. The molecular weight excluding hydrogens is 270 g/mol. The van der Waals surface area contributed by atoms with E-state index in [1.807, 2.05) is 24.3 Å². The van der Waals surface area contributed by atoms with Crippen molar-refractivity contribution in [2.75, 3.05) is 19.0 Å². The number of nitrogens with zero attached hydrogens (tertiary/aromatic N) is 1. The number of anilines is 1. The molecule has 1 aromatic heterocycles. The molecule has 0 aliphatic carbocycles. The van der Waals surface area contributed by atoms with E-state index in [1.54, 1.807) is 18.4 Å². The maximum Gasteiger partial charge on any atom is 0.193 e. The smallest absolute Gasteiger partial charge is 0.193 e. The number of rotatable bonds is 5. The highest BCUT2D eigenvalue weighted by atomic mass is 32.1. The van der Waals surface area contributed by atoms with Gasteiger partial charge < -0.3 is 15.8 Å². The van der Waals surface area contributed by atoms with E-state index in [1.165, 1.54) is 4.88 Å². The fraction of sp³-hybridized carbons (Fsp3) is 0.267. The van der Waals surface area contributed by atoms with Gasteiger partial charge in [0.05, 0.1) is 13.7 Å². The lowest BCUT2D eigenvalue weighted by Crippen LogP contribution is -2.23. The van der Waals surface area contributed by atoms with Gasteiger partial charge in [-0.25, -0.2) is 0 Å². The highest BCUT2D eigenvalue weighted by Gasteiger charge is 2.05. The quantitative estimate of drug-likeness (QED) is 0.656. The fourth-order valence-corrected chi connectivity index (χ4v) is 2.54. The number of ether oxygens (including phenoxy) is 1. The number of methoxy groups -OCH3 is 1. The topological polar surface area (TPSA) is 59.6 Å². The molecule has 0 spiro atoms. The van der Waals surface area contributed by atoms with Gasteiger partial charge in [-0.2, -0.15) is 0 Å². The predicted octanol–water partition coefficient (Wildman–Crippen LogP) is 3.29. The third-order valence-corrected chi connectivity index (χ3v) is 4.03. The Morgan fingerprint density at radius 1 is 1.35 bits per heavy atom. The van der Waals surface area contributed by atoms with Crippen molar-refractivity contribution in [2.24, 2.45) is 10.7 Å². The lowest BCUT2D eigenvalue weighted by atomic mass is 10.1. The highest BCUT2D eigenvalue weighted by molar-refractivity contribution is 7.10. The number of benzene rings is 1.